The number of methoxy groups -OCH3 is 1. The van der Waals surface area contributed by atoms with E-state index in [0.717, 1.165) is 28.4 Å². The molecule has 0 radical (unpaired) electrons. The van der Waals surface area contributed by atoms with Crippen LogP contribution in [0, 0.1) is 5.92 Å². The normalized spacial score (nSPS) is 19.0. The van der Waals surface area contributed by atoms with Crippen LogP contribution in [0.25, 0.3) is 21.9 Å². The van der Waals surface area contributed by atoms with E-state index in [1.165, 1.54) is 31.2 Å². The number of anilines is 2. The predicted octanol–water partition coefficient (Wildman–Crippen LogP) is 4.13. The highest BCUT2D eigenvalue weighted by molar-refractivity contribution is 5.86. The Labute approximate surface area is 175 Å². The Morgan fingerprint density at radius 2 is 2.00 bits per heavy atom. The first kappa shape index (κ1) is 18.7. The summed E-state index contributed by atoms with van der Waals surface area (Å²) in [6, 6.07) is 10.9. The van der Waals surface area contributed by atoms with Crippen molar-refractivity contribution in [3.05, 3.63) is 48.4 Å². The van der Waals surface area contributed by atoms with Gasteiger partial charge in [0.25, 0.3) is 0 Å². The number of nitrogen functional groups attached to an aromatic ring is 2. The molecule has 5 rings (SSSR count). The fourth-order valence-electron chi connectivity index (χ4n) is 4.75. The molecule has 7 heteroatoms. The topological polar surface area (TPSA) is 105 Å². The van der Waals surface area contributed by atoms with Crippen LogP contribution in [0.15, 0.2) is 42.9 Å². The van der Waals surface area contributed by atoms with Gasteiger partial charge in [0.15, 0.2) is 11.6 Å². The molecule has 30 heavy (non-hydrogen) atoms. The van der Waals surface area contributed by atoms with Crippen molar-refractivity contribution in [1.29, 1.82) is 0 Å². The van der Waals surface area contributed by atoms with Crippen LogP contribution in [0.2, 0.25) is 0 Å². The molecule has 4 N–H and O–H groups in total. The van der Waals surface area contributed by atoms with Crippen LogP contribution < -0.4 is 16.2 Å². The van der Waals surface area contributed by atoms with Crippen molar-refractivity contribution >= 4 is 33.6 Å². The summed E-state index contributed by atoms with van der Waals surface area (Å²) >= 11 is 0. The molecule has 154 valence electrons. The van der Waals surface area contributed by atoms with Crippen molar-refractivity contribution < 1.29 is 4.74 Å². The number of nitrogens with zero attached hydrogens (tertiary/aromatic N) is 4. The molecule has 3 heterocycles. The second kappa shape index (κ2) is 7.48. The quantitative estimate of drug-likeness (QED) is 0.520. The van der Waals surface area contributed by atoms with Crippen molar-refractivity contribution in [3.8, 4) is 5.75 Å². The lowest BCUT2D eigenvalue weighted by atomic mass is 9.97. The summed E-state index contributed by atoms with van der Waals surface area (Å²) < 4.78 is 7.55. The molecular formula is C23H26N6O. The molecule has 1 aliphatic carbocycles. The third kappa shape index (κ3) is 3.30. The second-order valence-electron chi connectivity index (χ2n) is 8.19. The van der Waals surface area contributed by atoms with E-state index in [4.69, 9.17) is 16.2 Å². The van der Waals surface area contributed by atoms with Gasteiger partial charge >= 0.3 is 0 Å². The van der Waals surface area contributed by atoms with Crippen LogP contribution in [0.1, 0.15) is 37.3 Å². The molecule has 1 aliphatic rings. The predicted molar refractivity (Wildman–Crippen MR) is 119 cm³/mol. The summed E-state index contributed by atoms with van der Waals surface area (Å²) in [6.07, 6.45) is 9.46. The van der Waals surface area contributed by atoms with Gasteiger partial charge in [-0.2, -0.15) is 0 Å². The summed E-state index contributed by atoms with van der Waals surface area (Å²) in [4.78, 5) is 13.1. The van der Waals surface area contributed by atoms with Gasteiger partial charge in [-0.3, -0.25) is 0 Å². The fraction of sp³-hybridized carbons (Fsp3) is 0.348. The van der Waals surface area contributed by atoms with Crippen molar-refractivity contribution in [1.82, 2.24) is 19.5 Å². The Morgan fingerprint density at radius 3 is 2.87 bits per heavy atom. The Morgan fingerprint density at radius 1 is 1.10 bits per heavy atom. The van der Waals surface area contributed by atoms with E-state index in [9.17, 15) is 0 Å². The van der Waals surface area contributed by atoms with Crippen LogP contribution in [0.3, 0.4) is 0 Å². The Hall–Kier alpha value is -3.35. The number of hydrogen-bond acceptors (Lipinski definition) is 6. The SMILES string of the molecule is COc1cc2ccc(CCC3CCC(n4ccc5c(N)ncnc54)C3)cc2nc1N. The zero-order valence-electron chi connectivity index (χ0n) is 17.1. The highest BCUT2D eigenvalue weighted by Crippen LogP contribution is 2.39. The first-order valence-electron chi connectivity index (χ1n) is 10.4. The van der Waals surface area contributed by atoms with Gasteiger partial charge in [0.1, 0.15) is 17.8 Å². The number of hydrogen-bond donors (Lipinski definition) is 2. The van der Waals surface area contributed by atoms with E-state index >= 15 is 0 Å². The van der Waals surface area contributed by atoms with Crippen molar-refractivity contribution in [2.75, 3.05) is 18.6 Å². The Bertz CT molecular complexity index is 1220. The number of ether oxygens (including phenoxy) is 1. The van der Waals surface area contributed by atoms with Crippen molar-refractivity contribution in [2.24, 2.45) is 5.92 Å². The number of aryl methyl sites for hydroxylation is 1. The Balaban J connectivity index is 1.27. The van der Waals surface area contributed by atoms with E-state index in [0.29, 0.717) is 29.3 Å². The minimum atomic E-state index is 0.434. The summed E-state index contributed by atoms with van der Waals surface area (Å²) in [7, 11) is 1.61. The summed E-state index contributed by atoms with van der Waals surface area (Å²) in [5, 5.41) is 1.99. The van der Waals surface area contributed by atoms with Crippen LogP contribution >= 0.6 is 0 Å². The molecule has 0 aliphatic heterocycles. The molecule has 0 amide bonds. The van der Waals surface area contributed by atoms with Gasteiger partial charge in [-0.1, -0.05) is 12.1 Å². The minimum Gasteiger partial charge on any atom is -0.493 e. The summed E-state index contributed by atoms with van der Waals surface area (Å²) in [6.45, 7) is 0. The number of aromatic nitrogens is 4. The van der Waals surface area contributed by atoms with Gasteiger partial charge in [-0.15, -0.1) is 0 Å². The zero-order chi connectivity index (χ0) is 20.7. The number of fused-ring (bicyclic) bond motifs is 2. The molecule has 3 aromatic heterocycles. The van der Waals surface area contributed by atoms with Crippen LogP contribution in [0.4, 0.5) is 11.6 Å². The third-order valence-corrected chi connectivity index (χ3v) is 6.38. The number of rotatable bonds is 5. The largest absolute Gasteiger partial charge is 0.493 e. The lowest BCUT2D eigenvalue weighted by Crippen LogP contribution is -2.06. The highest BCUT2D eigenvalue weighted by Gasteiger charge is 2.27. The van der Waals surface area contributed by atoms with E-state index in [-0.39, 0.29) is 0 Å². The molecule has 1 fully saturated rings. The Kier molecular flexibility index (Phi) is 4.65. The fourth-order valence-corrected chi connectivity index (χ4v) is 4.75. The molecule has 7 nitrogen and oxygen atoms in total. The maximum absolute atomic E-state index is 5.99. The molecule has 2 atom stereocenters. The van der Waals surface area contributed by atoms with E-state index in [1.807, 2.05) is 12.1 Å². The summed E-state index contributed by atoms with van der Waals surface area (Å²) in [5.74, 6) is 2.31. The van der Waals surface area contributed by atoms with E-state index < -0.39 is 0 Å². The first-order chi connectivity index (χ1) is 14.6. The second-order valence-corrected chi connectivity index (χ2v) is 8.19. The number of nitrogens with two attached hydrogens (primary N) is 2. The third-order valence-electron chi connectivity index (χ3n) is 6.38. The van der Waals surface area contributed by atoms with Crippen LogP contribution in [0.5, 0.6) is 5.75 Å². The molecular weight excluding hydrogens is 376 g/mol. The number of pyridine rings is 1. The molecule has 1 saturated carbocycles. The molecule has 1 aromatic carbocycles. The lowest BCUT2D eigenvalue weighted by Gasteiger charge is -2.14. The van der Waals surface area contributed by atoms with Crippen molar-refractivity contribution in [2.45, 2.75) is 38.1 Å². The average Bonchev–Trinajstić information content (AvgIpc) is 3.39. The summed E-state index contributed by atoms with van der Waals surface area (Å²) in [5.41, 5.74) is 15.1. The van der Waals surface area contributed by atoms with E-state index in [2.05, 4.69) is 43.9 Å². The lowest BCUT2D eigenvalue weighted by molar-refractivity contribution is 0.416. The first-order valence-corrected chi connectivity index (χ1v) is 10.4. The van der Waals surface area contributed by atoms with Gasteiger partial charge in [-0.05, 0) is 61.8 Å². The van der Waals surface area contributed by atoms with E-state index in [1.54, 1.807) is 13.4 Å². The number of benzene rings is 1. The average molecular weight is 403 g/mol. The highest BCUT2D eigenvalue weighted by atomic mass is 16.5. The van der Waals surface area contributed by atoms with Crippen LogP contribution in [-0.4, -0.2) is 26.6 Å². The van der Waals surface area contributed by atoms with Crippen LogP contribution in [-0.2, 0) is 6.42 Å². The van der Waals surface area contributed by atoms with Gasteiger partial charge < -0.3 is 20.8 Å². The van der Waals surface area contributed by atoms with Gasteiger partial charge in [0.2, 0.25) is 0 Å². The standard InChI is InChI=1S/C23H26N6O/c1-30-20-12-16-6-4-15(11-19(16)28-22(20)25)3-2-14-5-7-17(10-14)29-9-8-18-21(24)26-13-27-23(18)29/h4,6,8-9,11-14,17H,2-3,5,7,10H2,1H3,(H2,25,28)(H2,24,26,27). The molecule has 0 bridgehead atoms. The molecule has 4 aromatic rings. The maximum Gasteiger partial charge on any atom is 0.166 e. The minimum absolute atomic E-state index is 0.434. The zero-order valence-corrected chi connectivity index (χ0v) is 17.1. The molecule has 0 spiro atoms. The monoisotopic (exact) mass is 402 g/mol. The molecule has 2 unspecified atom stereocenters. The smallest absolute Gasteiger partial charge is 0.166 e. The maximum atomic E-state index is 5.99. The van der Waals surface area contributed by atoms with Gasteiger partial charge in [-0.25, -0.2) is 15.0 Å². The van der Waals surface area contributed by atoms with Gasteiger partial charge in [0.05, 0.1) is 18.0 Å². The van der Waals surface area contributed by atoms with Crippen molar-refractivity contribution in [3.63, 3.8) is 0 Å². The van der Waals surface area contributed by atoms with Gasteiger partial charge in [0, 0.05) is 17.6 Å². The molecule has 0 saturated heterocycles.